The van der Waals surface area contributed by atoms with Crippen LogP contribution in [-0.2, 0) is 0 Å². The maximum atomic E-state index is 5.39. The van der Waals surface area contributed by atoms with Gasteiger partial charge in [-0.2, -0.15) is 0 Å². The highest BCUT2D eigenvalue weighted by Gasteiger charge is 2.12. The Morgan fingerprint density at radius 1 is 1.13 bits per heavy atom. The van der Waals surface area contributed by atoms with Crippen molar-refractivity contribution in [2.45, 2.75) is 20.8 Å². The predicted octanol–water partition coefficient (Wildman–Crippen LogP) is 2.75. The Balaban J connectivity index is 3.30. The number of rotatable bonds is 4. The zero-order valence-corrected chi connectivity index (χ0v) is 10.1. The molecule has 0 heterocycles. The lowest BCUT2D eigenvalue weighted by Crippen LogP contribution is -2.03. The number of nitrogens with one attached hydrogen (secondary N) is 1. The number of hydrogen-bond acceptors (Lipinski definition) is 3. The van der Waals surface area contributed by atoms with Gasteiger partial charge in [0.15, 0.2) is 0 Å². The maximum Gasteiger partial charge on any atom is 0.145 e. The summed E-state index contributed by atoms with van der Waals surface area (Å²) in [5.41, 5.74) is 3.23. The molecule has 0 fully saturated rings. The molecular formula is C12H19NO2. The van der Waals surface area contributed by atoms with E-state index in [2.05, 4.69) is 12.2 Å². The van der Waals surface area contributed by atoms with Crippen LogP contribution in [0.4, 0.5) is 5.69 Å². The van der Waals surface area contributed by atoms with Crippen LogP contribution < -0.4 is 14.8 Å². The van der Waals surface area contributed by atoms with Gasteiger partial charge in [0, 0.05) is 12.6 Å². The molecule has 0 aliphatic rings. The number of benzene rings is 1. The van der Waals surface area contributed by atoms with Gasteiger partial charge in [0.25, 0.3) is 0 Å². The van der Waals surface area contributed by atoms with Gasteiger partial charge >= 0.3 is 0 Å². The Hall–Kier alpha value is -1.38. The molecule has 0 amide bonds. The van der Waals surface area contributed by atoms with Gasteiger partial charge in [0.05, 0.1) is 19.9 Å². The van der Waals surface area contributed by atoms with Crippen LogP contribution in [0.2, 0.25) is 0 Å². The lowest BCUT2D eigenvalue weighted by atomic mass is 10.1. The van der Waals surface area contributed by atoms with Crippen molar-refractivity contribution < 1.29 is 9.47 Å². The minimum Gasteiger partial charge on any atom is -0.496 e. The first kappa shape index (κ1) is 11.7. The van der Waals surface area contributed by atoms with E-state index < -0.39 is 0 Å². The maximum absolute atomic E-state index is 5.39. The first-order chi connectivity index (χ1) is 7.15. The first-order valence-electron chi connectivity index (χ1n) is 5.11. The fourth-order valence-corrected chi connectivity index (χ4v) is 1.66. The summed E-state index contributed by atoms with van der Waals surface area (Å²) in [4.78, 5) is 0. The summed E-state index contributed by atoms with van der Waals surface area (Å²) in [7, 11) is 3.37. The second-order valence-electron chi connectivity index (χ2n) is 3.44. The summed E-state index contributed by atoms with van der Waals surface area (Å²) in [5, 5.41) is 3.26. The van der Waals surface area contributed by atoms with Gasteiger partial charge < -0.3 is 14.8 Å². The van der Waals surface area contributed by atoms with Crippen molar-refractivity contribution in [1.82, 2.24) is 0 Å². The van der Waals surface area contributed by atoms with Crippen LogP contribution in [0.3, 0.4) is 0 Å². The van der Waals surface area contributed by atoms with Crippen molar-refractivity contribution >= 4 is 5.69 Å². The number of ether oxygens (including phenoxy) is 2. The van der Waals surface area contributed by atoms with Crippen LogP contribution in [0.1, 0.15) is 18.1 Å². The molecule has 0 unspecified atom stereocenters. The highest BCUT2D eigenvalue weighted by molar-refractivity contribution is 5.66. The molecule has 0 spiro atoms. The molecule has 1 N–H and O–H groups in total. The molecule has 1 aromatic carbocycles. The zero-order valence-electron chi connectivity index (χ0n) is 10.1. The Bertz CT molecular complexity index is 348. The minimum atomic E-state index is 0.863. The van der Waals surface area contributed by atoms with Crippen LogP contribution in [0.5, 0.6) is 11.5 Å². The highest BCUT2D eigenvalue weighted by Crippen LogP contribution is 2.36. The molecule has 0 bridgehead atoms. The van der Waals surface area contributed by atoms with Gasteiger partial charge in [0.2, 0.25) is 0 Å². The van der Waals surface area contributed by atoms with Crippen LogP contribution >= 0.6 is 0 Å². The Labute approximate surface area is 91.4 Å². The normalized spacial score (nSPS) is 9.93. The summed E-state index contributed by atoms with van der Waals surface area (Å²) in [6.07, 6.45) is 0. The van der Waals surface area contributed by atoms with E-state index in [4.69, 9.17) is 9.47 Å². The molecular weight excluding hydrogens is 190 g/mol. The molecule has 1 rings (SSSR count). The van der Waals surface area contributed by atoms with E-state index in [1.807, 2.05) is 19.9 Å². The highest BCUT2D eigenvalue weighted by atomic mass is 16.5. The molecule has 1 aromatic rings. The van der Waals surface area contributed by atoms with Gasteiger partial charge in [-0.1, -0.05) is 0 Å². The SMILES string of the molecule is CCNc1cc(OC)c(C)c(C)c1OC. The van der Waals surface area contributed by atoms with Gasteiger partial charge in [-0.25, -0.2) is 0 Å². The smallest absolute Gasteiger partial charge is 0.145 e. The van der Waals surface area contributed by atoms with Crippen molar-refractivity contribution in [3.8, 4) is 11.5 Å². The third-order valence-corrected chi connectivity index (χ3v) is 2.58. The molecule has 0 saturated heterocycles. The molecule has 0 radical (unpaired) electrons. The standard InChI is InChI=1S/C12H19NO2/c1-6-13-10-7-11(14-4)8(2)9(3)12(10)15-5/h7,13H,6H2,1-5H3. The van der Waals surface area contributed by atoms with E-state index in [0.29, 0.717) is 0 Å². The fourth-order valence-electron chi connectivity index (χ4n) is 1.66. The van der Waals surface area contributed by atoms with Crippen LogP contribution in [-0.4, -0.2) is 20.8 Å². The van der Waals surface area contributed by atoms with Crippen molar-refractivity contribution in [3.63, 3.8) is 0 Å². The van der Waals surface area contributed by atoms with Gasteiger partial charge in [-0.15, -0.1) is 0 Å². The number of methoxy groups -OCH3 is 2. The first-order valence-corrected chi connectivity index (χ1v) is 5.11. The monoisotopic (exact) mass is 209 g/mol. The van der Waals surface area contributed by atoms with E-state index in [1.54, 1.807) is 14.2 Å². The summed E-state index contributed by atoms with van der Waals surface area (Å²) < 4.78 is 10.7. The molecule has 15 heavy (non-hydrogen) atoms. The van der Waals surface area contributed by atoms with Crippen LogP contribution in [0, 0.1) is 13.8 Å². The van der Waals surface area contributed by atoms with E-state index >= 15 is 0 Å². The van der Waals surface area contributed by atoms with Gasteiger partial charge in [-0.05, 0) is 31.9 Å². The fraction of sp³-hybridized carbons (Fsp3) is 0.500. The molecule has 84 valence electrons. The molecule has 0 saturated carbocycles. The lowest BCUT2D eigenvalue weighted by molar-refractivity contribution is 0.399. The Kier molecular flexibility index (Phi) is 3.83. The van der Waals surface area contributed by atoms with E-state index in [1.165, 1.54) is 0 Å². The second-order valence-corrected chi connectivity index (χ2v) is 3.44. The molecule has 0 aromatic heterocycles. The Morgan fingerprint density at radius 3 is 2.27 bits per heavy atom. The summed E-state index contributed by atoms with van der Waals surface area (Å²) in [5.74, 6) is 1.79. The lowest BCUT2D eigenvalue weighted by Gasteiger charge is -2.17. The average Bonchev–Trinajstić information content (AvgIpc) is 2.24. The quantitative estimate of drug-likeness (QED) is 0.827. The van der Waals surface area contributed by atoms with Crippen molar-refractivity contribution in [2.75, 3.05) is 26.1 Å². The number of anilines is 1. The second kappa shape index (κ2) is 4.91. The number of hydrogen-bond donors (Lipinski definition) is 1. The summed E-state index contributed by atoms with van der Waals surface area (Å²) in [6, 6.07) is 1.98. The van der Waals surface area contributed by atoms with E-state index in [-0.39, 0.29) is 0 Å². The minimum absolute atomic E-state index is 0.863. The Morgan fingerprint density at radius 2 is 1.80 bits per heavy atom. The van der Waals surface area contributed by atoms with Crippen molar-refractivity contribution in [3.05, 3.63) is 17.2 Å². The molecule has 3 nitrogen and oxygen atoms in total. The van der Waals surface area contributed by atoms with Gasteiger partial charge in [0.1, 0.15) is 11.5 Å². The van der Waals surface area contributed by atoms with Crippen LogP contribution in [0.15, 0.2) is 6.07 Å². The van der Waals surface area contributed by atoms with E-state index in [9.17, 15) is 0 Å². The molecule has 0 aliphatic heterocycles. The predicted molar refractivity (Wildman–Crippen MR) is 63.2 cm³/mol. The largest absolute Gasteiger partial charge is 0.496 e. The third-order valence-electron chi connectivity index (χ3n) is 2.58. The van der Waals surface area contributed by atoms with E-state index in [0.717, 1.165) is 34.9 Å². The third kappa shape index (κ3) is 2.17. The molecule has 0 atom stereocenters. The van der Waals surface area contributed by atoms with Crippen molar-refractivity contribution in [1.29, 1.82) is 0 Å². The molecule has 3 heteroatoms. The van der Waals surface area contributed by atoms with Crippen LogP contribution in [0.25, 0.3) is 0 Å². The summed E-state index contributed by atoms with van der Waals surface area (Å²) in [6.45, 7) is 6.99. The molecule has 0 aliphatic carbocycles. The summed E-state index contributed by atoms with van der Waals surface area (Å²) >= 11 is 0. The van der Waals surface area contributed by atoms with Gasteiger partial charge in [-0.3, -0.25) is 0 Å². The zero-order chi connectivity index (χ0) is 11.4. The average molecular weight is 209 g/mol. The van der Waals surface area contributed by atoms with Crippen molar-refractivity contribution in [2.24, 2.45) is 0 Å². The topological polar surface area (TPSA) is 30.5 Å².